The van der Waals surface area contributed by atoms with E-state index in [2.05, 4.69) is 16.9 Å². The van der Waals surface area contributed by atoms with Crippen LogP contribution in [0.1, 0.15) is 32.1 Å². The van der Waals surface area contributed by atoms with Gasteiger partial charge in [0.15, 0.2) is 0 Å². The highest BCUT2D eigenvalue weighted by atomic mass is 32.2. The van der Waals surface area contributed by atoms with Crippen molar-refractivity contribution in [1.29, 1.82) is 0 Å². The van der Waals surface area contributed by atoms with Gasteiger partial charge in [-0.1, -0.05) is 0 Å². The number of rotatable bonds is 6. The fourth-order valence-electron chi connectivity index (χ4n) is 1.96. The molecule has 6 heteroatoms. The number of carboxylic acids is 1. The van der Waals surface area contributed by atoms with E-state index in [1.165, 1.54) is 0 Å². The van der Waals surface area contributed by atoms with Crippen LogP contribution >= 0.6 is 11.8 Å². The van der Waals surface area contributed by atoms with Gasteiger partial charge in [-0.2, -0.15) is 11.8 Å². The Bertz CT molecular complexity index is 273. The number of hydrogen-bond acceptors (Lipinski definition) is 3. The third-order valence-corrected chi connectivity index (χ3v) is 4.00. The van der Waals surface area contributed by atoms with Crippen LogP contribution in [0.2, 0.25) is 0 Å². The number of amides is 2. The maximum atomic E-state index is 11.5. The van der Waals surface area contributed by atoms with Gasteiger partial charge in [-0.3, -0.25) is 4.79 Å². The van der Waals surface area contributed by atoms with Crippen LogP contribution in [0, 0.1) is 0 Å². The standard InChI is InChI=1S/C11H20N2O3S/c1-17-9-5-4-8(7-9)13-11(16)12-6-2-3-10(14)15/h8-9H,2-7H2,1H3,(H,14,15)(H2,12,13,16). The summed E-state index contributed by atoms with van der Waals surface area (Å²) in [6, 6.07) is 0.0917. The Morgan fingerprint density at radius 1 is 1.41 bits per heavy atom. The Morgan fingerprint density at radius 2 is 2.18 bits per heavy atom. The summed E-state index contributed by atoms with van der Waals surface area (Å²) in [4.78, 5) is 21.7. The van der Waals surface area contributed by atoms with Crippen LogP contribution in [0.4, 0.5) is 4.79 Å². The first kappa shape index (κ1) is 14.2. The zero-order valence-corrected chi connectivity index (χ0v) is 10.9. The van der Waals surface area contributed by atoms with Crippen LogP contribution in [-0.4, -0.2) is 41.2 Å². The number of nitrogens with one attached hydrogen (secondary N) is 2. The Morgan fingerprint density at radius 3 is 2.76 bits per heavy atom. The van der Waals surface area contributed by atoms with Gasteiger partial charge in [0.1, 0.15) is 0 Å². The fraction of sp³-hybridized carbons (Fsp3) is 0.818. The van der Waals surface area contributed by atoms with Crippen molar-refractivity contribution in [2.45, 2.75) is 43.4 Å². The number of hydrogen-bond donors (Lipinski definition) is 3. The molecule has 5 nitrogen and oxygen atoms in total. The van der Waals surface area contributed by atoms with Gasteiger partial charge in [-0.05, 0) is 31.9 Å². The molecule has 0 aromatic rings. The minimum absolute atomic E-state index is 0.0955. The lowest BCUT2D eigenvalue weighted by atomic mass is 10.2. The average Bonchev–Trinajstić information content (AvgIpc) is 2.72. The molecule has 1 aliphatic carbocycles. The minimum Gasteiger partial charge on any atom is -0.481 e. The highest BCUT2D eigenvalue weighted by Gasteiger charge is 2.24. The second kappa shape index (κ2) is 7.42. The van der Waals surface area contributed by atoms with Crippen molar-refractivity contribution in [2.24, 2.45) is 0 Å². The van der Waals surface area contributed by atoms with Gasteiger partial charge >= 0.3 is 12.0 Å². The molecule has 17 heavy (non-hydrogen) atoms. The lowest BCUT2D eigenvalue weighted by molar-refractivity contribution is -0.137. The third-order valence-electron chi connectivity index (χ3n) is 2.91. The molecule has 2 unspecified atom stereocenters. The van der Waals surface area contributed by atoms with Gasteiger partial charge in [-0.25, -0.2) is 4.79 Å². The van der Waals surface area contributed by atoms with Gasteiger partial charge in [0, 0.05) is 24.3 Å². The van der Waals surface area contributed by atoms with E-state index >= 15 is 0 Å². The molecule has 0 aliphatic heterocycles. The monoisotopic (exact) mass is 260 g/mol. The van der Waals surface area contributed by atoms with Crippen molar-refractivity contribution >= 4 is 23.8 Å². The quantitative estimate of drug-likeness (QED) is 0.631. The molecule has 0 spiro atoms. The van der Waals surface area contributed by atoms with E-state index in [-0.39, 0.29) is 18.5 Å². The highest BCUT2D eigenvalue weighted by Crippen LogP contribution is 2.27. The number of urea groups is 1. The van der Waals surface area contributed by atoms with Crippen molar-refractivity contribution in [1.82, 2.24) is 10.6 Å². The first-order valence-corrected chi connectivity index (χ1v) is 7.19. The second-order valence-electron chi connectivity index (χ2n) is 4.27. The van der Waals surface area contributed by atoms with Crippen LogP contribution in [0.15, 0.2) is 0 Å². The third kappa shape index (κ3) is 5.81. The predicted molar refractivity (Wildman–Crippen MR) is 68.3 cm³/mol. The Balaban J connectivity index is 2.07. The van der Waals surface area contributed by atoms with Crippen LogP contribution in [0.3, 0.4) is 0 Å². The van der Waals surface area contributed by atoms with Crippen molar-refractivity contribution in [3.63, 3.8) is 0 Å². The molecule has 2 atom stereocenters. The molecular formula is C11H20N2O3S. The normalized spacial score (nSPS) is 23.4. The van der Waals surface area contributed by atoms with Gasteiger partial charge < -0.3 is 15.7 Å². The summed E-state index contributed by atoms with van der Waals surface area (Å²) in [5, 5.41) is 14.7. The SMILES string of the molecule is CSC1CCC(NC(=O)NCCCC(=O)O)C1. The topological polar surface area (TPSA) is 78.4 Å². The largest absolute Gasteiger partial charge is 0.481 e. The van der Waals surface area contributed by atoms with Gasteiger partial charge in [0.25, 0.3) is 0 Å². The number of carbonyl (C=O) groups is 2. The molecule has 0 bridgehead atoms. The number of thioether (sulfide) groups is 1. The molecule has 0 radical (unpaired) electrons. The summed E-state index contributed by atoms with van der Waals surface area (Å²) in [5.41, 5.74) is 0. The number of aliphatic carboxylic acids is 1. The molecule has 0 heterocycles. The van der Waals surface area contributed by atoms with E-state index in [0.717, 1.165) is 19.3 Å². The molecule has 1 rings (SSSR count). The summed E-state index contributed by atoms with van der Waals surface area (Å²) >= 11 is 1.85. The van der Waals surface area contributed by atoms with E-state index in [9.17, 15) is 9.59 Å². The zero-order valence-electron chi connectivity index (χ0n) is 10.1. The van der Waals surface area contributed by atoms with E-state index < -0.39 is 5.97 Å². The number of carboxylic acid groups (broad SMARTS) is 1. The second-order valence-corrected chi connectivity index (χ2v) is 5.40. The number of carbonyl (C=O) groups excluding carboxylic acids is 1. The Kier molecular flexibility index (Phi) is 6.18. The molecule has 98 valence electrons. The summed E-state index contributed by atoms with van der Waals surface area (Å²) in [6.07, 6.45) is 5.89. The summed E-state index contributed by atoms with van der Waals surface area (Å²) in [6.45, 7) is 0.414. The van der Waals surface area contributed by atoms with Gasteiger partial charge in [-0.15, -0.1) is 0 Å². The summed E-state index contributed by atoms with van der Waals surface area (Å²) in [7, 11) is 0. The minimum atomic E-state index is -0.828. The predicted octanol–water partition coefficient (Wildman–Crippen LogP) is 1.43. The van der Waals surface area contributed by atoms with Crippen LogP contribution in [0.25, 0.3) is 0 Å². The van der Waals surface area contributed by atoms with Crippen molar-refractivity contribution < 1.29 is 14.7 Å². The van der Waals surface area contributed by atoms with Crippen LogP contribution in [0.5, 0.6) is 0 Å². The van der Waals surface area contributed by atoms with Gasteiger partial charge in [0.05, 0.1) is 0 Å². The first-order chi connectivity index (χ1) is 8.11. The van der Waals surface area contributed by atoms with Crippen LogP contribution in [-0.2, 0) is 4.79 Å². The van der Waals surface area contributed by atoms with E-state index in [1.807, 2.05) is 11.8 Å². The van der Waals surface area contributed by atoms with Gasteiger partial charge in [0.2, 0.25) is 0 Å². The maximum absolute atomic E-state index is 11.5. The molecule has 1 fully saturated rings. The van der Waals surface area contributed by atoms with E-state index in [1.54, 1.807) is 0 Å². The van der Waals surface area contributed by atoms with Crippen molar-refractivity contribution in [3.8, 4) is 0 Å². The fourth-order valence-corrected chi connectivity index (χ4v) is 2.76. The Labute approximate surface area is 106 Å². The maximum Gasteiger partial charge on any atom is 0.315 e. The van der Waals surface area contributed by atoms with Crippen molar-refractivity contribution in [3.05, 3.63) is 0 Å². The Hall–Kier alpha value is -0.910. The van der Waals surface area contributed by atoms with Crippen molar-refractivity contribution in [2.75, 3.05) is 12.8 Å². The molecule has 1 saturated carbocycles. The molecule has 0 aromatic heterocycles. The molecular weight excluding hydrogens is 240 g/mol. The first-order valence-electron chi connectivity index (χ1n) is 5.90. The average molecular weight is 260 g/mol. The van der Waals surface area contributed by atoms with Crippen LogP contribution < -0.4 is 10.6 Å². The zero-order chi connectivity index (χ0) is 12.7. The lowest BCUT2D eigenvalue weighted by Gasteiger charge is -2.13. The molecule has 0 saturated heterocycles. The smallest absolute Gasteiger partial charge is 0.315 e. The lowest BCUT2D eigenvalue weighted by Crippen LogP contribution is -2.41. The van der Waals surface area contributed by atoms with E-state index in [0.29, 0.717) is 18.2 Å². The summed E-state index contributed by atoms with van der Waals surface area (Å²) in [5.74, 6) is -0.828. The highest BCUT2D eigenvalue weighted by molar-refractivity contribution is 7.99. The summed E-state index contributed by atoms with van der Waals surface area (Å²) < 4.78 is 0. The molecule has 0 aromatic carbocycles. The molecule has 2 amide bonds. The van der Waals surface area contributed by atoms with E-state index in [4.69, 9.17) is 5.11 Å². The molecule has 3 N–H and O–H groups in total. The molecule has 1 aliphatic rings.